The largest absolute Gasteiger partial charge is 0.467 e. The molecule has 0 aromatic rings. The van der Waals surface area contributed by atoms with Crippen molar-refractivity contribution in [3.63, 3.8) is 0 Å². The summed E-state index contributed by atoms with van der Waals surface area (Å²) >= 11 is 0. The van der Waals surface area contributed by atoms with Gasteiger partial charge in [0.05, 0.1) is 27.3 Å². The number of esters is 2. The summed E-state index contributed by atoms with van der Waals surface area (Å²) in [6, 6.07) is -1.73. The van der Waals surface area contributed by atoms with Gasteiger partial charge in [-0.3, -0.25) is 28.8 Å². The highest BCUT2D eigenvalue weighted by atomic mass is 16.5. The quantitative estimate of drug-likeness (QED) is 0.0849. The Labute approximate surface area is 294 Å². The Morgan fingerprint density at radius 1 is 0.600 bits per heavy atom. The topological polar surface area (TPSA) is 250 Å². The van der Waals surface area contributed by atoms with Gasteiger partial charge in [0.25, 0.3) is 0 Å². The van der Waals surface area contributed by atoms with Crippen LogP contribution in [-0.4, -0.2) is 145 Å². The van der Waals surface area contributed by atoms with Gasteiger partial charge in [-0.15, -0.1) is 0 Å². The Bertz CT molecular complexity index is 1100. The predicted octanol–water partition coefficient (Wildman–Crippen LogP) is -1.93. The lowest BCUT2D eigenvalue weighted by molar-refractivity contribution is -0.150. The van der Waals surface area contributed by atoms with Crippen LogP contribution in [0.3, 0.4) is 0 Å². The number of ether oxygens (including phenoxy) is 2. The molecule has 2 unspecified atom stereocenters. The van der Waals surface area contributed by atoms with E-state index in [1.54, 1.807) is 0 Å². The molecule has 288 valence electrons. The molecular weight excluding hydrogens is 660 g/mol. The van der Waals surface area contributed by atoms with E-state index in [0.29, 0.717) is 12.8 Å². The fourth-order valence-electron chi connectivity index (χ4n) is 4.14. The highest BCUT2D eigenvalue weighted by Crippen LogP contribution is 2.11. The molecule has 0 heterocycles. The van der Waals surface area contributed by atoms with Crippen LogP contribution in [0.2, 0.25) is 0 Å². The molecule has 6 amide bonds. The second-order valence-electron chi connectivity index (χ2n) is 13.5. The van der Waals surface area contributed by atoms with Crippen LogP contribution in [0.25, 0.3) is 0 Å². The van der Waals surface area contributed by atoms with Gasteiger partial charge in [-0.2, -0.15) is 0 Å². The first-order valence-corrected chi connectivity index (χ1v) is 16.0. The Balaban J connectivity index is 0. The smallest absolute Gasteiger partial charge is 0.330 e. The van der Waals surface area contributed by atoms with E-state index in [0.717, 1.165) is 9.80 Å². The van der Waals surface area contributed by atoms with Gasteiger partial charge in [0.15, 0.2) is 0 Å². The first kappa shape index (κ1) is 47.8. The Morgan fingerprint density at radius 2 is 0.880 bits per heavy atom. The molecular formula is C32H58N6O12. The fraction of sp³-hybridized carbons (Fsp3) is 0.750. The summed E-state index contributed by atoms with van der Waals surface area (Å²) in [5.74, 6) is -4.33. The number of methoxy groups -OCH3 is 2. The van der Waals surface area contributed by atoms with E-state index in [9.17, 15) is 38.4 Å². The van der Waals surface area contributed by atoms with Crippen molar-refractivity contribution in [1.82, 2.24) is 31.1 Å². The van der Waals surface area contributed by atoms with Crippen molar-refractivity contribution < 1.29 is 58.0 Å². The summed E-state index contributed by atoms with van der Waals surface area (Å²) in [5.41, 5.74) is -2.48. The van der Waals surface area contributed by atoms with E-state index in [1.807, 2.05) is 27.7 Å². The number of carbonyl (C=O) groups excluding carboxylic acids is 8. The van der Waals surface area contributed by atoms with E-state index in [-0.39, 0.29) is 24.9 Å². The minimum atomic E-state index is -1.24. The molecule has 0 rings (SSSR count). The highest BCUT2D eigenvalue weighted by Gasteiger charge is 2.35. The van der Waals surface area contributed by atoms with Crippen LogP contribution < -0.4 is 21.3 Å². The molecule has 0 spiro atoms. The van der Waals surface area contributed by atoms with Gasteiger partial charge in [-0.1, -0.05) is 27.7 Å². The molecule has 0 aliphatic rings. The second kappa shape index (κ2) is 22.4. The van der Waals surface area contributed by atoms with E-state index in [4.69, 9.17) is 10.2 Å². The summed E-state index contributed by atoms with van der Waals surface area (Å²) in [5, 5.41) is 27.8. The molecule has 0 saturated carbocycles. The zero-order chi connectivity index (χ0) is 39.6. The number of hydrogen-bond donors (Lipinski definition) is 6. The molecule has 0 aliphatic heterocycles. The lowest BCUT2D eigenvalue weighted by Crippen LogP contribution is -2.57. The number of aliphatic hydroxyl groups excluding tert-OH is 2. The zero-order valence-corrected chi connectivity index (χ0v) is 31.4. The number of nitrogens with one attached hydrogen (secondary N) is 4. The van der Waals surface area contributed by atoms with Crippen LogP contribution >= 0.6 is 0 Å². The van der Waals surface area contributed by atoms with E-state index in [1.165, 1.54) is 56.0 Å². The van der Waals surface area contributed by atoms with Gasteiger partial charge in [0.1, 0.15) is 36.4 Å². The van der Waals surface area contributed by atoms with E-state index in [2.05, 4.69) is 30.7 Å². The van der Waals surface area contributed by atoms with Gasteiger partial charge in [-0.05, 0) is 52.4 Å². The van der Waals surface area contributed by atoms with Crippen LogP contribution in [0.1, 0.15) is 68.2 Å². The van der Waals surface area contributed by atoms with Gasteiger partial charge in [-0.25, -0.2) is 9.59 Å². The Kier molecular flexibility index (Phi) is 21.4. The summed E-state index contributed by atoms with van der Waals surface area (Å²) in [4.78, 5) is 97.2. The van der Waals surface area contributed by atoms with Crippen molar-refractivity contribution in [2.75, 3.05) is 54.6 Å². The Morgan fingerprint density at radius 3 is 1.10 bits per heavy atom. The molecule has 0 aromatic heterocycles. The molecule has 0 saturated heterocycles. The number of carbonyl (C=O) groups is 8. The molecule has 6 N–H and O–H groups in total. The van der Waals surface area contributed by atoms with Crippen molar-refractivity contribution in [3.05, 3.63) is 0 Å². The van der Waals surface area contributed by atoms with Gasteiger partial charge in [0, 0.05) is 14.1 Å². The second-order valence-corrected chi connectivity index (χ2v) is 13.5. The first-order chi connectivity index (χ1) is 22.9. The van der Waals surface area contributed by atoms with E-state index >= 15 is 0 Å². The average molecular weight is 719 g/mol. The number of likely N-dealkylation sites (N-methyl/N-ethyl adjacent to an activating group) is 2. The number of aliphatic hydroxyl groups is 2. The standard InChI is InChI=1S/2C16H29N3O6/c2*1-10(2)7-11(14(23)18-16(3,4)15(24)25-6)17-12(21)8-19(5)13(22)9-20/h2*10-11,20H,7-9H2,1-6H3,(H,17,21)(H,18,23). The van der Waals surface area contributed by atoms with Gasteiger partial charge >= 0.3 is 11.9 Å². The summed E-state index contributed by atoms with van der Waals surface area (Å²) in [6.45, 7) is 11.6. The molecule has 0 fully saturated rings. The molecule has 18 nitrogen and oxygen atoms in total. The fourth-order valence-corrected chi connectivity index (χ4v) is 4.14. The van der Waals surface area contributed by atoms with Crippen molar-refractivity contribution >= 4 is 47.4 Å². The van der Waals surface area contributed by atoms with Crippen molar-refractivity contribution in [2.45, 2.75) is 91.4 Å². The lowest BCUT2D eigenvalue weighted by Gasteiger charge is -2.28. The third-order valence-electron chi connectivity index (χ3n) is 6.86. The first-order valence-electron chi connectivity index (χ1n) is 16.0. The minimum absolute atomic E-state index is 0.106. The van der Waals surface area contributed by atoms with Crippen molar-refractivity contribution in [1.29, 1.82) is 0 Å². The maximum absolute atomic E-state index is 12.5. The van der Waals surface area contributed by atoms with Crippen LogP contribution in [0.4, 0.5) is 0 Å². The molecule has 50 heavy (non-hydrogen) atoms. The normalized spacial score (nSPS) is 12.3. The molecule has 0 aromatic carbocycles. The summed E-state index contributed by atoms with van der Waals surface area (Å²) in [6.07, 6.45) is 0.707. The summed E-state index contributed by atoms with van der Waals surface area (Å²) < 4.78 is 9.28. The monoisotopic (exact) mass is 718 g/mol. The highest BCUT2D eigenvalue weighted by molar-refractivity contribution is 5.94. The molecule has 2 atom stereocenters. The Hall–Kier alpha value is -4.32. The van der Waals surface area contributed by atoms with Crippen LogP contribution in [0.15, 0.2) is 0 Å². The number of nitrogens with zero attached hydrogens (tertiary/aromatic N) is 2. The third kappa shape index (κ3) is 18.4. The van der Waals surface area contributed by atoms with E-state index < -0.39 is 83.8 Å². The van der Waals surface area contributed by atoms with Crippen LogP contribution in [0, 0.1) is 11.8 Å². The maximum atomic E-state index is 12.5. The van der Waals surface area contributed by atoms with Crippen LogP contribution in [-0.2, 0) is 47.8 Å². The molecule has 18 heteroatoms. The minimum Gasteiger partial charge on any atom is -0.467 e. The van der Waals surface area contributed by atoms with Crippen LogP contribution in [0.5, 0.6) is 0 Å². The predicted molar refractivity (Wildman–Crippen MR) is 181 cm³/mol. The third-order valence-corrected chi connectivity index (χ3v) is 6.86. The zero-order valence-electron chi connectivity index (χ0n) is 31.4. The maximum Gasteiger partial charge on any atom is 0.330 e. The lowest BCUT2D eigenvalue weighted by atomic mass is 10.00. The van der Waals surface area contributed by atoms with Gasteiger partial charge in [0.2, 0.25) is 35.4 Å². The average Bonchev–Trinajstić information content (AvgIpc) is 3.01. The van der Waals surface area contributed by atoms with Crippen molar-refractivity contribution in [2.24, 2.45) is 11.8 Å². The van der Waals surface area contributed by atoms with Gasteiger partial charge < -0.3 is 50.8 Å². The molecule has 0 radical (unpaired) electrons. The SMILES string of the molecule is COC(=O)C(C)(C)NC(=O)C(CC(C)C)NC(=O)CN(C)C(=O)CO.COC(=O)C(C)(C)NC(=O)C(CC(C)C)NC(=O)CN(C)C(=O)CO. The number of rotatable bonds is 18. The number of amides is 6. The number of hydrogen-bond acceptors (Lipinski definition) is 12. The van der Waals surface area contributed by atoms with Crippen molar-refractivity contribution in [3.8, 4) is 0 Å². The summed E-state index contributed by atoms with van der Waals surface area (Å²) in [7, 11) is 5.18. The molecule has 0 aliphatic carbocycles. The molecule has 0 bridgehead atoms.